The van der Waals surface area contributed by atoms with E-state index >= 15 is 0 Å². The molecule has 0 aliphatic rings. The molecular formula is H4AlCl3O. The molecule has 0 N–H and O–H groups in total. The predicted molar refractivity (Wildman–Crippen MR) is 30.0 cm³/mol. The largest absolute Gasteiger partial charge is 0.187 e. The third-order valence-electron chi connectivity index (χ3n) is 0. The van der Waals surface area contributed by atoms with Crippen molar-refractivity contribution in [3.8, 4) is 0 Å². The second-order valence-corrected chi connectivity index (χ2v) is 0.525. The van der Waals surface area contributed by atoms with Crippen LogP contribution in [0.5, 0.6) is 0 Å². The Labute approximate surface area is 57.5 Å². The molecule has 0 fully saturated rings. The van der Waals surface area contributed by atoms with Crippen molar-refractivity contribution in [3.63, 3.8) is 0 Å². The number of halogens is 3. The van der Waals surface area contributed by atoms with Crippen LogP contribution >= 0.6 is 36.1 Å². The summed E-state index contributed by atoms with van der Waals surface area (Å²) in [6.45, 7) is 0. The molecule has 1 nitrogen and oxygen atoms in total. The van der Waals surface area contributed by atoms with E-state index in [-0.39, 0.29) is 29.8 Å². The highest BCUT2D eigenvalue weighted by Crippen LogP contribution is 1.78. The maximum absolute atomic E-state index is 4.26. The molecule has 0 aliphatic carbocycles. The summed E-state index contributed by atoms with van der Waals surface area (Å²) < 4.78 is 3.19. The number of hydrogen-bond donors (Lipinski definition) is 0. The summed E-state index contributed by atoms with van der Waals surface area (Å²) in [5.74, 6) is 0. The number of rotatable bonds is 0. The second-order valence-electron chi connectivity index (χ2n) is 0.0583. The minimum atomic E-state index is 0. The van der Waals surface area contributed by atoms with Gasteiger partial charge in [-0.3, -0.25) is 0 Å². The van der Waals surface area contributed by atoms with E-state index in [1.807, 2.05) is 0 Å². The van der Waals surface area contributed by atoms with Crippen molar-refractivity contribution in [2.24, 2.45) is 0 Å². The van der Waals surface area contributed by atoms with Gasteiger partial charge in [0.05, 0.1) is 23.7 Å². The normalized spacial score (nSPS) is 3.60. The van der Waals surface area contributed by atoms with Gasteiger partial charge in [0, 0.05) is 0 Å². The Bertz CT molecular complexity index is 6.85. The van der Waals surface area contributed by atoms with Crippen LogP contribution in [0.3, 0.4) is 0 Å². The van der Waals surface area contributed by atoms with Gasteiger partial charge in [0.1, 0.15) is 0 Å². The van der Waals surface area contributed by atoms with Gasteiger partial charge in [-0.1, -0.05) is 0 Å². The molecule has 5 heavy (non-hydrogen) atoms. The van der Waals surface area contributed by atoms with E-state index in [1.54, 1.807) is 0 Å². The molecule has 0 aliphatic heterocycles. The van der Waals surface area contributed by atoms with E-state index in [2.05, 4.69) is 27.6 Å². The molecule has 0 saturated heterocycles. The number of hydrogen-bond acceptors (Lipinski definition) is 1. The van der Waals surface area contributed by atoms with Gasteiger partial charge in [-0.2, -0.15) is 3.84 Å². The summed E-state index contributed by atoms with van der Waals surface area (Å²) >= 11 is 8.53. The fraction of sp³-hybridized carbons (Fsp3) is 0. The Morgan fingerprint density at radius 1 is 1.20 bits per heavy atom. The monoisotopic (exact) mass is 152 g/mol. The van der Waals surface area contributed by atoms with Crippen molar-refractivity contribution in [1.82, 2.24) is 0 Å². The smallest absolute Gasteiger partial charge is 0.166 e. The molecule has 0 radical (unpaired) electrons. The van der Waals surface area contributed by atoms with Crippen LogP contribution in [0.2, 0.25) is 0 Å². The molecule has 5 heteroatoms. The SMILES string of the molecule is Cl.ClOCl.[AlH3]. The molecule has 0 aromatic rings. The van der Waals surface area contributed by atoms with Crippen LogP contribution in [-0.2, 0) is 3.84 Å². The zero-order valence-electron chi connectivity index (χ0n) is 1.57. The molecule has 0 rings (SSSR count). The Hall–Kier alpha value is 1.36. The van der Waals surface area contributed by atoms with Crippen LogP contribution < -0.4 is 0 Å². The highest BCUT2D eigenvalue weighted by Gasteiger charge is 1.38. The molecule has 34 valence electrons. The predicted octanol–water partition coefficient (Wildman–Crippen LogP) is 0.548. The Morgan fingerprint density at radius 3 is 1.20 bits per heavy atom. The third-order valence-corrected chi connectivity index (χ3v) is 0. The first-order valence-electron chi connectivity index (χ1n) is 0.309. The summed E-state index contributed by atoms with van der Waals surface area (Å²) in [7, 11) is 0. The van der Waals surface area contributed by atoms with E-state index in [0.717, 1.165) is 0 Å². The van der Waals surface area contributed by atoms with Gasteiger partial charge in [-0.25, -0.2) is 0 Å². The van der Waals surface area contributed by atoms with Gasteiger partial charge in [-0.05, 0) is 0 Å². The summed E-state index contributed by atoms with van der Waals surface area (Å²) in [6, 6.07) is 0. The fourth-order valence-corrected chi connectivity index (χ4v) is 0. The van der Waals surface area contributed by atoms with Gasteiger partial charge in [0.2, 0.25) is 0 Å². The fourth-order valence-electron chi connectivity index (χ4n) is 0. The van der Waals surface area contributed by atoms with E-state index in [4.69, 9.17) is 0 Å². The molecule has 0 aromatic carbocycles. The van der Waals surface area contributed by atoms with Crippen molar-refractivity contribution in [2.45, 2.75) is 0 Å². The molecule has 0 saturated carbocycles. The first-order valence-corrected chi connectivity index (χ1v) is 0.926. The van der Waals surface area contributed by atoms with Gasteiger partial charge >= 0.3 is 0 Å². The maximum Gasteiger partial charge on any atom is 0.187 e. The van der Waals surface area contributed by atoms with Crippen molar-refractivity contribution in [2.75, 3.05) is 0 Å². The van der Waals surface area contributed by atoms with Gasteiger partial charge in [0.15, 0.2) is 17.4 Å². The summed E-state index contributed by atoms with van der Waals surface area (Å²) in [4.78, 5) is 0. The minimum absolute atomic E-state index is 0. The zero-order chi connectivity index (χ0) is 2.71. The quantitative estimate of drug-likeness (QED) is 0.462. The Kier molecular flexibility index (Phi) is 59.2. The minimum Gasteiger partial charge on any atom is -0.166 e. The highest BCUT2D eigenvalue weighted by molar-refractivity contribution is 6.24. The lowest BCUT2D eigenvalue weighted by Crippen LogP contribution is -1.15. The van der Waals surface area contributed by atoms with Crippen molar-refractivity contribution in [1.29, 1.82) is 0 Å². The summed E-state index contributed by atoms with van der Waals surface area (Å²) in [5.41, 5.74) is 0. The van der Waals surface area contributed by atoms with E-state index in [9.17, 15) is 0 Å². The van der Waals surface area contributed by atoms with E-state index in [1.165, 1.54) is 0 Å². The van der Waals surface area contributed by atoms with Crippen molar-refractivity contribution < 1.29 is 3.84 Å². The van der Waals surface area contributed by atoms with Gasteiger partial charge in [0.25, 0.3) is 0 Å². The zero-order valence-corrected chi connectivity index (χ0v) is 3.90. The Morgan fingerprint density at radius 2 is 1.20 bits per heavy atom. The average Bonchev–Trinajstić information content (AvgIpc) is 0.918. The second kappa shape index (κ2) is 18.3. The molecule has 0 unspecified atom stereocenters. The van der Waals surface area contributed by atoms with Gasteiger partial charge in [-0.15, -0.1) is 12.4 Å². The first-order chi connectivity index (χ1) is 1.41. The highest BCUT2D eigenvalue weighted by atomic mass is 35.6. The molecule has 0 bridgehead atoms. The van der Waals surface area contributed by atoms with Crippen LogP contribution in [0.4, 0.5) is 0 Å². The topological polar surface area (TPSA) is 9.23 Å². The lowest BCUT2D eigenvalue weighted by Gasteiger charge is -1.46. The summed E-state index contributed by atoms with van der Waals surface area (Å²) in [6.07, 6.45) is 0. The molecule has 0 spiro atoms. The maximum atomic E-state index is 4.26. The third kappa shape index (κ3) is 32.7. The molecule has 0 atom stereocenters. The van der Waals surface area contributed by atoms with E-state index in [0.29, 0.717) is 0 Å². The molecule has 0 aromatic heterocycles. The molecular weight excluding hydrogens is 149 g/mol. The standard InChI is InChI=1S/Al.Cl2O.ClH.3H/c;1-3-2;;;;/h;;1H;;;. The molecule has 0 heterocycles. The van der Waals surface area contributed by atoms with Crippen LogP contribution in [0.25, 0.3) is 0 Å². The lowest BCUT2D eigenvalue weighted by molar-refractivity contribution is 0.697. The van der Waals surface area contributed by atoms with Crippen LogP contribution in [0, 0.1) is 0 Å². The first kappa shape index (κ1) is 16.2. The lowest BCUT2D eigenvalue weighted by atomic mass is 15.9. The molecule has 0 amide bonds. The van der Waals surface area contributed by atoms with E-state index < -0.39 is 0 Å². The van der Waals surface area contributed by atoms with Crippen molar-refractivity contribution in [3.05, 3.63) is 0 Å². The Balaban J connectivity index is -0.0000000200. The van der Waals surface area contributed by atoms with Crippen LogP contribution in [-0.4, -0.2) is 17.4 Å². The summed E-state index contributed by atoms with van der Waals surface area (Å²) in [5, 5.41) is 0. The van der Waals surface area contributed by atoms with Crippen LogP contribution in [0.1, 0.15) is 0 Å². The van der Waals surface area contributed by atoms with Gasteiger partial charge < -0.3 is 0 Å². The average molecular weight is 153 g/mol. The van der Waals surface area contributed by atoms with Crippen LogP contribution in [0.15, 0.2) is 0 Å². The van der Waals surface area contributed by atoms with Crippen molar-refractivity contribution >= 4 is 53.5 Å².